The number of fused-ring (bicyclic) bond motifs is 1. The van der Waals surface area contributed by atoms with Crippen LogP contribution in [0.4, 0.5) is 5.69 Å². The van der Waals surface area contributed by atoms with E-state index in [0.29, 0.717) is 28.0 Å². The molecule has 0 aliphatic heterocycles. The molecule has 0 aliphatic rings. The minimum absolute atomic E-state index is 0.00234. The maximum absolute atomic E-state index is 13.0. The van der Waals surface area contributed by atoms with Gasteiger partial charge < -0.3 is 0 Å². The monoisotopic (exact) mass is 424 g/mol. The number of pyridine rings is 1. The van der Waals surface area contributed by atoms with Gasteiger partial charge in [-0.2, -0.15) is 5.10 Å². The largest absolute Gasteiger partial charge is 0.272 e. The molecule has 3 aromatic carbocycles. The molecule has 0 spiro atoms. The maximum Gasteiger partial charge on any atom is 0.272 e. The Morgan fingerprint density at radius 1 is 1.00 bits per heavy atom. The Morgan fingerprint density at radius 3 is 2.38 bits per heavy atom. The molecule has 0 unspecified atom stereocenters. The Kier molecular flexibility index (Phi) is 5.72. The first-order chi connectivity index (χ1) is 15.4. The van der Waals surface area contributed by atoms with Gasteiger partial charge in [0, 0.05) is 23.1 Å². The van der Waals surface area contributed by atoms with E-state index in [0.717, 1.165) is 16.5 Å². The number of rotatable bonds is 5. The van der Waals surface area contributed by atoms with E-state index < -0.39 is 4.92 Å². The number of carbonyl (C=O) groups is 1. The summed E-state index contributed by atoms with van der Waals surface area (Å²) in [6.07, 6.45) is 0. The Balaban J connectivity index is 1.66. The number of aromatic nitrogens is 1. The summed E-state index contributed by atoms with van der Waals surface area (Å²) in [7, 11) is 0. The highest BCUT2D eigenvalue weighted by atomic mass is 16.6. The molecular weight excluding hydrogens is 404 g/mol. The molecular formula is C25H20N4O3. The van der Waals surface area contributed by atoms with Crippen molar-refractivity contribution in [1.29, 1.82) is 0 Å². The van der Waals surface area contributed by atoms with Gasteiger partial charge in [-0.15, -0.1) is 0 Å². The van der Waals surface area contributed by atoms with Crippen molar-refractivity contribution in [3.8, 4) is 11.3 Å². The molecule has 0 fully saturated rings. The molecule has 1 amide bonds. The second-order valence-electron chi connectivity index (χ2n) is 7.38. The van der Waals surface area contributed by atoms with Gasteiger partial charge in [-0.1, -0.05) is 48.0 Å². The molecule has 32 heavy (non-hydrogen) atoms. The number of hydrazone groups is 1. The maximum atomic E-state index is 13.0. The van der Waals surface area contributed by atoms with Crippen molar-refractivity contribution in [3.05, 3.63) is 106 Å². The van der Waals surface area contributed by atoms with Gasteiger partial charge in [0.1, 0.15) is 0 Å². The number of nitro benzene ring substituents is 1. The first kappa shape index (κ1) is 20.9. The van der Waals surface area contributed by atoms with Crippen LogP contribution in [0.1, 0.15) is 28.4 Å². The van der Waals surface area contributed by atoms with E-state index in [2.05, 4.69) is 10.5 Å². The molecule has 0 aliphatic carbocycles. The molecule has 0 saturated carbocycles. The van der Waals surface area contributed by atoms with E-state index in [4.69, 9.17) is 4.98 Å². The fourth-order valence-electron chi connectivity index (χ4n) is 3.32. The summed E-state index contributed by atoms with van der Waals surface area (Å²) >= 11 is 0. The average molecular weight is 424 g/mol. The van der Waals surface area contributed by atoms with Crippen LogP contribution in [0.2, 0.25) is 0 Å². The number of nitrogens with zero attached hydrogens (tertiary/aromatic N) is 3. The molecule has 0 saturated heterocycles. The summed E-state index contributed by atoms with van der Waals surface area (Å²) in [5.41, 5.74) is 7.75. The highest BCUT2D eigenvalue weighted by molar-refractivity contribution is 6.08. The lowest BCUT2D eigenvalue weighted by Crippen LogP contribution is -2.20. The normalized spacial score (nSPS) is 11.4. The highest BCUT2D eigenvalue weighted by Crippen LogP contribution is 2.25. The molecule has 7 heteroatoms. The van der Waals surface area contributed by atoms with E-state index in [1.807, 2.05) is 55.5 Å². The molecule has 1 aromatic heterocycles. The van der Waals surface area contributed by atoms with E-state index in [-0.39, 0.29) is 11.6 Å². The van der Waals surface area contributed by atoms with E-state index in [9.17, 15) is 14.9 Å². The minimum atomic E-state index is -0.460. The number of nitrogens with one attached hydrogen (secondary N) is 1. The third kappa shape index (κ3) is 4.37. The Labute approximate surface area is 184 Å². The van der Waals surface area contributed by atoms with Gasteiger partial charge in [0.15, 0.2) is 0 Å². The van der Waals surface area contributed by atoms with Gasteiger partial charge in [-0.3, -0.25) is 14.9 Å². The topological polar surface area (TPSA) is 97.5 Å². The van der Waals surface area contributed by atoms with E-state index in [1.54, 1.807) is 25.1 Å². The average Bonchev–Trinajstić information content (AvgIpc) is 2.82. The van der Waals surface area contributed by atoms with Crippen molar-refractivity contribution in [1.82, 2.24) is 10.4 Å². The van der Waals surface area contributed by atoms with E-state index in [1.165, 1.54) is 12.1 Å². The predicted octanol–water partition coefficient (Wildman–Crippen LogP) is 5.27. The Morgan fingerprint density at radius 2 is 1.69 bits per heavy atom. The number of hydrogen-bond donors (Lipinski definition) is 1. The van der Waals surface area contributed by atoms with Crippen molar-refractivity contribution in [2.45, 2.75) is 13.8 Å². The fraction of sp³-hybridized carbons (Fsp3) is 0.0800. The first-order valence-corrected chi connectivity index (χ1v) is 9.98. The number of non-ortho nitro benzene ring substituents is 1. The number of para-hydroxylation sites is 1. The van der Waals surface area contributed by atoms with Crippen molar-refractivity contribution >= 4 is 28.2 Å². The summed E-state index contributed by atoms with van der Waals surface area (Å²) in [5, 5.41) is 15.7. The molecule has 4 rings (SSSR count). The number of aryl methyl sites for hydroxylation is 1. The van der Waals surface area contributed by atoms with Crippen LogP contribution < -0.4 is 5.43 Å². The molecule has 4 aromatic rings. The van der Waals surface area contributed by atoms with Crippen LogP contribution in [-0.2, 0) is 0 Å². The smallest absolute Gasteiger partial charge is 0.267 e. The summed E-state index contributed by atoms with van der Waals surface area (Å²) in [4.78, 5) is 28.1. The van der Waals surface area contributed by atoms with Gasteiger partial charge in [0.05, 0.1) is 27.4 Å². The van der Waals surface area contributed by atoms with Crippen molar-refractivity contribution in [2.75, 3.05) is 0 Å². The zero-order valence-corrected chi connectivity index (χ0v) is 17.6. The second-order valence-corrected chi connectivity index (χ2v) is 7.38. The van der Waals surface area contributed by atoms with Crippen LogP contribution in [-0.4, -0.2) is 21.5 Å². The number of carbonyl (C=O) groups excluding carboxylic acids is 1. The lowest BCUT2D eigenvalue weighted by Gasteiger charge is -2.10. The van der Waals surface area contributed by atoms with Gasteiger partial charge in [0.2, 0.25) is 0 Å². The molecule has 1 N–H and O–H groups in total. The fourth-order valence-corrected chi connectivity index (χ4v) is 3.32. The minimum Gasteiger partial charge on any atom is -0.267 e. The number of benzene rings is 3. The van der Waals surface area contributed by atoms with Gasteiger partial charge in [-0.25, -0.2) is 10.4 Å². The highest BCUT2D eigenvalue weighted by Gasteiger charge is 2.14. The lowest BCUT2D eigenvalue weighted by atomic mass is 10.0. The zero-order chi connectivity index (χ0) is 22.7. The van der Waals surface area contributed by atoms with Gasteiger partial charge in [-0.05, 0) is 43.7 Å². The third-order valence-corrected chi connectivity index (χ3v) is 5.13. The summed E-state index contributed by atoms with van der Waals surface area (Å²) in [6, 6.07) is 23.2. The van der Waals surface area contributed by atoms with E-state index >= 15 is 0 Å². The summed E-state index contributed by atoms with van der Waals surface area (Å²) in [6.45, 7) is 3.74. The van der Waals surface area contributed by atoms with Crippen LogP contribution in [0, 0.1) is 17.0 Å². The quantitative estimate of drug-likeness (QED) is 0.268. The molecule has 0 atom stereocenters. The van der Waals surface area contributed by atoms with Gasteiger partial charge in [0.25, 0.3) is 11.6 Å². The van der Waals surface area contributed by atoms with Crippen molar-refractivity contribution in [3.63, 3.8) is 0 Å². The summed E-state index contributed by atoms with van der Waals surface area (Å²) in [5.74, 6) is -0.363. The SMILES string of the molecule is C/C(=N\NC(=O)c1cc(-c2ccc(C)cc2)nc2ccccc12)c1ccc([N+](=O)[O-])cc1. The van der Waals surface area contributed by atoms with Gasteiger partial charge >= 0.3 is 0 Å². The van der Waals surface area contributed by atoms with Crippen molar-refractivity contribution in [2.24, 2.45) is 5.10 Å². The molecule has 0 bridgehead atoms. The molecule has 1 heterocycles. The molecule has 158 valence electrons. The molecule has 7 nitrogen and oxygen atoms in total. The Bertz CT molecular complexity index is 1340. The lowest BCUT2D eigenvalue weighted by molar-refractivity contribution is -0.384. The van der Waals surface area contributed by atoms with Crippen LogP contribution in [0.5, 0.6) is 0 Å². The number of hydrogen-bond acceptors (Lipinski definition) is 5. The third-order valence-electron chi connectivity index (χ3n) is 5.13. The van der Waals surface area contributed by atoms with Crippen LogP contribution in [0.15, 0.2) is 84.0 Å². The zero-order valence-electron chi connectivity index (χ0n) is 17.6. The standard InChI is InChI=1S/C25H20N4O3/c1-16-7-9-19(10-8-16)24-15-22(21-5-3-4-6-23(21)26-24)25(30)28-27-17(2)18-11-13-20(14-12-18)29(31)32/h3-15H,1-2H3,(H,28,30)/b27-17+. The number of nitro groups is 1. The second kappa shape index (κ2) is 8.77. The number of amides is 1. The van der Waals surface area contributed by atoms with Crippen LogP contribution in [0.25, 0.3) is 22.2 Å². The molecule has 0 radical (unpaired) electrons. The summed E-state index contributed by atoms with van der Waals surface area (Å²) < 4.78 is 0. The Hall–Kier alpha value is -4.39. The van der Waals surface area contributed by atoms with Crippen molar-refractivity contribution < 1.29 is 9.72 Å². The van der Waals surface area contributed by atoms with Crippen LogP contribution >= 0.6 is 0 Å². The first-order valence-electron chi connectivity index (χ1n) is 9.98. The van der Waals surface area contributed by atoms with Crippen LogP contribution in [0.3, 0.4) is 0 Å². The predicted molar refractivity (Wildman–Crippen MR) is 125 cm³/mol.